The first-order valence-corrected chi connectivity index (χ1v) is 8.10. The van der Waals surface area contributed by atoms with Crippen LogP contribution >= 0.6 is 0 Å². The van der Waals surface area contributed by atoms with Crippen molar-refractivity contribution in [1.29, 1.82) is 0 Å². The number of nitro groups is 1. The van der Waals surface area contributed by atoms with E-state index in [1.54, 1.807) is 25.3 Å². The van der Waals surface area contributed by atoms with E-state index >= 15 is 0 Å². The number of benzene rings is 2. The van der Waals surface area contributed by atoms with E-state index < -0.39 is 4.92 Å². The summed E-state index contributed by atoms with van der Waals surface area (Å²) in [5, 5.41) is 14.4. The molecule has 1 fully saturated rings. The maximum Gasteiger partial charge on any atom is 0.270 e. The van der Waals surface area contributed by atoms with Gasteiger partial charge in [-0.15, -0.1) is 0 Å². The lowest BCUT2D eigenvalue weighted by Crippen LogP contribution is -2.45. The Morgan fingerprint density at radius 1 is 1.36 bits per heavy atom. The van der Waals surface area contributed by atoms with Crippen molar-refractivity contribution in [3.8, 4) is 5.75 Å². The third kappa shape index (κ3) is 3.94. The smallest absolute Gasteiger partial charge is 0.270 e. The van der Waals surface area contributed by atoms with Crippen molar-refractivity contribution in [2.75, 3.05) is 26.7 Å². The number of nitro benzene ring substituents is 1. The van der Waals surface area contributed by atoms with Crippen LogP contribution in [0.5, 0.6) is 5.75 Å². The van der Waals surface area contributed by atoms with E-state index in [-0.39, 0.29) is 17.5 Å². The van der Waals surface area contributed by atoms with Gasteiger partial charge < -0.3 is 10.1 Å². The summed E-state index contributed by atoms with van der Waals surface area (Å²) < 4.78 is 19.0. The lowest BCUT2D eigenvalue weighted by atomic mass is 10.0. The van der Waals surface area contributed by atoms with Crippen molar-refractivity contribution in [3.05, 3.63) is 69.5 Å². The number of hydrogen-bond donors (Lipinski definition) is 1. The fourth-order valence-corrected chi connectivity index (χ4v) is 3.20. The third-order valence-corrected chi connectivity index (χ3v) is 4.44. The second-order valence-electron chi connectivity index (χ2n) is 6.00. The molecular formula is C18H20FN3O3. The molecule has 2 aromatic rings. The molecule has 2 aromatic carbocycles. The Balaban J connectivity index is 1.89. The van der Waals surface area contributed by atoms with Gasteiger partial charge >= 0.3 is 0 Å². The molecule has 25 heavy (non-hydrogen) atoms. The van der Waals surface area contributed by atoms with Gasteiger partial charge in [-0.2, -0.15) is 0 Å². The summed E-state index contributed by atoms with van der Waals surface area (Å²) in [5.41, 5.74) is 1.67. The van der Waals surface area contributed by atoms with Gasteiger partial charge in [0, 0.05) is 49.9 Å². The Morgan fingerprint density at radius 3 is 2.92 bits per heavy atom. The number of rotatable bonds is 5. The van der Waals surface area contributed by atoms with E-state index in [0.717, 1.165) is 24.2 Å². The summed E-state index contributed by atoms with van der Waals surface area (Å²) in [4.78, 5) is 12.8. The van der Waals surface area contributed by atoms with Crippen LogP contribution < -0.4 is 10.1 Å². The van der Waals surface area contributed by atoms with E-state index in [1.807, 2.05) is 6.07 Å². The number of halogens is 1. The molecular weight excluding hydrogens is 325 g/mol. The van der Waals surface area contributed by atoms with Gasteiger partial charge in [-0.1, -0.05) is 12.1 Å². The van der Waals surface area contributed by atoms with Crippen molar-refractivity contribution < 1.29 is 14.1 Å². The first-order chi connectivity index (χ1) is 12.1. The Morgan fingerprint density at radius 2 is 2.20 bits per heavy atom. The normalized spacial score (nSPS) is 18.1. The topological polar surface area (TPSA) is 67.6 Å². The van der Waals surface area contributed by atoms with Crippen molar-refractivity contribution in [2.45, 2.75) is 12.6 Å². The Kier molecular flexibility index (Phi) is 5.25. The number of hydrogen-bond acceptors (Lipinski definition) is 5. The molecule has 1 aliphatic rings. The Hall–Kier alpha value is -2.51. The Labute approximate surface area is 145 Å². The second-order valence-corrected chi connectivity index (χ2v) is 6.00. The molecule has 0 aliphatic carbocycles. The van der Waals surface area contributed by atoms with Crippen LogP contribution in [0, 0.1) is 15.9 Å². The van der Waals surface area contributed by atoms with Gasteiger partial charge in [0.05, 0.1) is 12.0 Å². The molecule has 1 unspecified atom stereocenters. The predicted octanol–water partition coefficient (Wildman–Crippen LogP) is 2.89. The molecule has 0 bridgehead atoms. The molecule has 1 heterocycles. The largest absolute Gasteiger partial charge is 0.496 e. The number of non-ortho nitro benzene ring substituents is 1. The van der Waals surface area contributed by atoms with Crippen LogP contribution in [0.25, 0.3) is 0 Å². The first kappa shape index (κ1) is 17.3. The Bertz CT molecular complexity index is 769. The fourth-order valence-electron chi connectivity index (χ4n) is 3.20. The highest BCUT2D eigenvalue weighted by Gasteiger charge is 2.25. The molecule has 0 radical (unpaired) electrons. The van der Waals surface area contributed by atoms with Crippen molar-refractivity contribution in [2.24, 2.45) is 0 Å². The van der Waals surface area contributed by atoms with Gasteiger partial charge in [-0.05, 0) is 23.8 Å². The van der Waals surface area contributed by atoms with Crippen molar-refractivity contribution in [1.82, 2.24) is 10.2 Å². The fraction of sp³-hybridized carbons (Fsp3) is 0.333. The summed E-state index contributed by atoms with van der Waals surface area (Å²) in [5.74, 6) is 0.345. The SMILES string of the molecule is COc1ccc([N+](=O)[O-])cc1CN1CCNCC1c1cccc(F)c1. The van der Waals surface area contributed by atoms with E-state index in [9.17, 15) is 14.5 Å². The van der Waals surface area contributed by atoms with Crippen LogP contribution in [0.1, 0.15) is 17.2 Å². The molecule has 0 amide bonds. The summed E-state index contributed by atoms with van der Waals surface area (Å²) in [6.45, 7) is 2.75. The van der Waals surface area contributed by atoms with Crippen LogP contribution in [-0.2, 0) is 6.54 Å². The zero-order chi connectivity index (χ0) is 17.8. The predicted molar refractivity (Wildman–Crippen MR) is 92.1 cm³/mol. The summed E-state index contributed by atoms with van der Waals surface area (Å²) >= 11 is 0. The quantitative estimate of drug-likeness (QED) is 0.667. The van der Waals surface area contributed by atoms with Crippen molar-refractivity contribution >= 4 is 5.69 Å². The number of nitrogens with one attached hydrogen (secondary N) is 1. The van der Waals surface area contributed by atoms with E-state index in [2.05, 4.69) is 10.2 Å². The molecule has 6 nitrogen and oxygen atoms in total. The van der Waals surface area contributed by atoms with Crippen LogP contribution in [0.3, 0.4) is 0 Å². The molecule has 1 saturated heterocycles. The lowest BCUT2D eigenvalue weighted by molar-refractivity contribution is -0.385. The third-order valence-electron chi connectivity index (χ3n) is 4.44. The highest BCUT2D eigenvalue weighted by molar-refractivity contribution is 5.44. The van der Waals surface area contributed by atoms with Gasteiger partial charge in [0.25, 0.3) is 5.69 Å². The van der Waals surface area contributed by atoms with Crippen molar-refractivity contribution in [3.63, 3.8) is 0 Å². The van der Waals surface area contributed by atoms with E-state index in [0.29, 0.717) is 18.8 Å². The molecule has 3 rings (SSSR count). The first-order valence-electron chi connectivity index (χ1n) is 8.10. The van der Waals surface area contributed by atoms with Crippen LogP contribution in [-0.4, -0.2) is 36.6 Å². The number of methoxy groups -OCH3 is 1. The number of piperazine rings is 1. The molecule has 132 valence electrons. The van der Waals surface area contributed by atoms with Crippen LogP contribution in [0.4, 0.5) is 10.1 Å². The molecule has 1 aliphatic heterocycles. The van der Waals surface area contributed by atoms with Gasteiger partial charge in [-0.3, -0.25) is 15.0 Å². The lowest BCUT2D eigenvalue weighted by Gasteiger charge is -2.36. The van der Waals surface area contributed by atoms with Gasteiger partial charge in [0.2, 0.25) is 0 Å². The van der Waals surface area contributed by atoms with E-state index in [1.165, 1.54) is 18.2 Å². The second kappa shape index (κ2) is 7.58. The molecule has 7 heteroatoms. The molecule has 0 aromatic heterocycles. The van der Waals surface area contributed by atoms with Gasteiger partial charge in [-0.25, -0.2) is 4.39 Å². The highest BCUT2D eigenvalue weighted by Crippen LogP contribution is 2.30. The molecule has 0 spiro atoms. The monoisotopic (exact) mass is 345 g/mol. The summed E-state index contributed by atoms with van der Waals surface area (Å²) in [6.07, 6.45) is 0. The van der Waals surface area contributed by atoms with Crippen LogP contribution in [0.2, 0.25) is 0 Å². The number of ether oxygens (including phenoxy) is 1. The average molecular weight is 345 g/mol. The van der Waals surface area contributed by atoms with Gasteiger partial charge in [0.15, 0.2) is 0 Å². The minimum atomic E-state index is -0.412. The zero-order valence-corrected chi connectivity index (χ0v) is 13.9. The molecule has 0 saturated carbocycles. The minimum Gasteiger partial charge on any atom is -0.496 e. The highest BCUT2D eigenvalue weighted by atomic mass is 19.1. The number of nitrogens with zero attached hydrogens (tertiary/aromatic N) is 2. The minimum absolute atomic E-state index is 0.00609. The molecule has 1 N–H and O–H groups in total. The average Bonchev–Trinajstić information content (AvgIpc) is 2.62. The van der Waals surface area contributed by atoms with E-state index in [4.69, 9.17) is 4.74 Å². The van der Waals surface area contributed by atoms with Gasteiger partial charge in [0.1, 0.15) is 11.6 Å². The molecule has 1 atom stereocenters. The maximum atomic E-state index is 13.6. The summed E-state index contributed by atoms with van der Waals surface area (Å²) in [7, 11) is 1.55. The maximum absolute atomic E-state index is 13.6. The standard InChI is InChI=1S/C18H20FN3O3/c1-25-18-6-5-16(22(23)24)10-14(18)12-21-8-7-20-11-17(21)13-3-2-4-15(19)9-13/h2-6,9-10,17,20H,7-8,11-12H2,1H3. The zero-order valence-electron chi connectivity index (χ0n) is 13.9. The summed E-state index contributed by atoms with van der Waals surface area (Å²) in [6, 6.07) is 11.2. The van der Waals surface area contributed by atoms with Crippen LogP contribution in [0.15, 0.2) is 42.5 Å².